The minimum Gasteiger partial charge on any atom is -0.361 e. The molecule has 2 amide bonds. The monoisotopic (exact) mass is 377 g/mol. The molecule has 0 aliphatic carbocycles. The van der Waals surface area contributed by atoms with Gasteiger partial charge in [-0.2, -0.15) is 0 Å². The maximum atomic E-state index is 12.9. The van der Waals surface area contributed by atoms with Crippen molar-refractivity contribution >= 4 is 22.7 Å². The summed E-state index contributed by atoms with van der Waals surface area (Å²) >= 11 is 0. The van der Waals surface area contributed by atoms with E-state index in [2.05, 4.69) is 34.7 Å². The number of aromatic nitrogens is 1. The van der Waals surface area contributed by atoms with E-state index in [9.17, 15) is 9.59 Å². The first kappa shape index (κ1) is 19.7. The zero-order valence-electron chi connectivity index (χ0n) is 16.6. The number of nitrogens with one attached hydrogen (secondary N) is 3. The van der Waals surface area contributed by atoms with Gasteiger partial charge in [-0.15, -0.1) is 0 Å². The Morgan fingerprint density at radius 2 is 1.75 bits per heavy atom. The Bertz CT molecular complexity index is 959. The molecular formula is C23H27N3O2. The van der Waals surface area contributed by atoms with E-state index in [0.29, 0.717) is 6.42 Å². The van der Waals surface area contributed by atoms with Gasteiger partial charge in [0.1, 0.15) is 6.04 Å². The van der Waals surface area contributed by atoms with Crippen LogP contribution in [0.25, 0.3) is 10.9 Å². The first-order valence-electron chi connectivity index (χ1n) is 9.69. The fourth-order valence-electron chi connectivity index (χ4n) is 3.41. The second-order valence-electron chi connectivity index (χ2n) is 7.14. The summed E-state index contributed by atoms with van der Waals surface area (Å²) in [5.74, 6) is -0.410. The molecule has 28 heavy (non-hydrogen) atoms. The molecule has 0 saturated carbocycles. The highest BCUT2D eigenvalue weighted by molar-refractivity contribution is 5.89. The minimum absolute atomic E-state index is 0.141. The smallest absolute Gasteiger partial charge is 0.243 e. The lowest BCUT2D eigenvalue weighted by atomic mass is 10.0. The maximum Gasteiger partial charge on any atom is 0.243 e. The third-order valence-electron chi connectivity index (χ3n) is 5.04. The van der Waals surface area contributed by atoms with Crippen LogP contribution in [0.1, 0.15) is 43.5 Å². The van der Waals surface area contributed by atoms with E-state index in [1.54, 1.807) is 0 Å². The number of para-hydroxylation sites is 1. The molecule has 2 unspecified atom stereocenters. The van der Waals surface area contributed by atoms with Gasteiger partial charge in [0.05, 0.1) is 6.04 Å². The number of fused-ring (bicyclic) bond motifs is 1. The molecule has 0 aliphatic heterocycles. The Kier molecular flexibility index (Phi) is 6.14. The number of H-pyrrole nitrogens is 1. The van der Waals surface area contributed by atoms with E-state index >= 15 is 0 Å². The van der Waals surface area contributed by atoms with Crippen LogP contribution >= 0.6 is 0 Å². The van der Waals surface area contributed by atoms with E-state index in [4.69, 9.17) is 0 Å². The molecule has 2 atom stereocenters. The first-order chi connectivity index (χ1) is 13.5. The molecular weight excluding hydrogens is 350 g/mol. The molecule has 0 bridgehead atoms. The summed E-state index contributed by atoms with van der Waals surface area (Å²) in [6.45, 7) is 5.50. The number of hydrogen-bond acceptors (Lipinski definition) is 2. The third kappa shape index (κ3) is 4.60. The fraction of sp³-hybridized carbons (Fsp3) is 0.304. The summed E-state index contributed by atoms with van der Waals surface area (Å²) in [6.07, 6.45) is 3.31. The molecule has 5 heteroatoms. The van der Waals surface area contributed by atoms with Crippen LogP contribution < -0.4 is 10.6 Å². The Labute approximate surface area is 165 Å². The SMILES string of the molecule is CCc1ccc(C(C)NC(=O)C(Cc2c[nH]c3ccccc23)NC(C)=O)cc1. The van der Waals surface area contributed by atoms with E-state index < -0.39 is 6.04 Å². The Balaban J connectivity index is 1.74. The first-order valence-corrected chi connectivity index (χ1v) is 9.69. The number of benzene rings is 2. The second-order valence-corrected chi connectivity index (χ2v) is 7.14. The number of aromatic amines is 1. The fourth-order valence-corrected chi connectivity index (χ4v) is 3.41. The molecule has 0 spiro atoms. The van der Waals surface area contributed by atoms with Crippen LogP contribution in [-0.2, 0) is 22.4 Å². The molecule has 3 N–H and O–H groups in total. The molecule has 1 heterocycles. The van der Waals surface area contributed by atoms with Gasteiger partial charge in [0.15, 0.2) is 0 Å². The van der Waals surface area contributed by atoms with Crippen molar-refractivity contribution < 1.29 is 9.59 Å². The van der Waals surface area contributed by atoms with Crippen molar-refractivity contribution in [3.8, 4) is 0 Å². The van der Waals surface area contributed by atoms with Gasteiger partial charge in [-0.05, 0) is 36.1 Å². The van der Waals surface area contributed by atoms with Crippen molar-refractivity contribution in [3.63, 3.8) is 0 Å². The standard InChI is InChI=1S/C23H27N3O2/c1-4-17-9-11-18(12-10-17)15(2)25-23(28)22(26-16(3)27)13-19-14-24-21-8-6-5-7-20(19)21/h5-12,14-15,22,24H,4,13H2,1-3H3,(H,25,28)(H,26,27). The van der Waals surface area contributed by atoms with E-state index in [1.807, 2.05) is 49.5 Å². The van der Waals surface area contributed by atoms with Crippen molar-refractivity contribution in [2.75, 3.05) is 0 Å². The lowest BCUT2D eigenvalue weighted by molar-refractivity contribution is -0.128. The van der Waals surface area contributed by atoms with Crippen molar-refractivity contribution in [2.24, 2.45) is 0 Å². The van der Waals surface area contributed by atoms with Crippen LogP contribution in [0, 0.1) is 0 Å². The number of carbonyl (C=O) groups is 2. The molecule has 0 radical (unpaired) electrons. The zero-order valence-corrected chi connectivity index (χ0v) is 16.6. The predicted octanol–water partition coefficient (Wildman–Crippen LogP) is 3.65. The Morgan fingerprint density at radius 3 is 2.43 bits per heavy atom. The van der Waals surface area contributed by atoms with Crippen molar-refractivity contribution in [1.29, 1.82) is 0 Å². The highest BCUT2D eigenvalue weighted by Gasteiger charge is 2.23. The van der Waals surface area contributed by atoms with Gasteiger partial charge in [0.2, 0.25) is 11.8 Å². The molecule has 2 aromatic carbocycles. The van der Waals surface area contributed by atoms with Crippen LogP contribution in [-0.4, -0.2) is 22.8 Å². The van der Waals surface area contributed by atoms with Crippen LogP contribution in [0.15, 0.2) is 54.7 Å². The third-order valence-corrected chi connectivity index (χ3v) is 5.04. The number of rotatable bonds is 7. The van der Waals surface area contributed by atoms with Gasteiger partial charge in [-0.25, -0.2) is 0 Å². The average Bonchev–Trinajstić information content (AvgIpc) is 3.10. The number of hydrogen-bond donors (Lipinski definition) is 3. The van der Waals surface area contributed by atoms with Crippen LogP contribution in [0.4, 0.5) is 0 Å². The molecule has 0 fully saturated rings. The van der Waals surface area contributed by atoms with Crippen molar-refractivity contribution in [2.45, 2.75) is 45.7 Å². The molecule has 0 aliphatic rings. The topological polar surface area (TPSA) is 74.0 Å². The van der Waals surface area contributed by atoms with Gasteiger partial charge < -0.3 is 15.6 Å². The molecule has 1 aromatic heterocycles. The normalized spacial score (nSPS) is 13.1. The quantitative estimate of drug-likeness (QED) is 0.588. The molecule has 5 nitrogen and oxygen atoms in total. The minimum atomic E-state index is -0.630. The number of amides is 2. The summed E-state index contributed by atoms with van der Waals surface area (Å²) in [7, 11) is 0. The van der Waals surface area contributed by atoms with E-state index in [-0.39, 0.29) is 17.9 Å². The molecule has 3 rings (SSSR count). The summed E-state index contributed by atoms with van der Waals surface area (Å²) in [5, 5.41) is 6.89. The molecule has 146 valence electrons. The van der Waals surface area contributed by atoms with Gasteiger partial charge in [-0.3, -0.25) is 9.59 Å². The van der Waals surface area contributed by atoms with Crippen molar-refractivity contribution in [3.05, 3.63) is 71.4 Å². The second kappa shape index (κ2) is 8.74. The highest BCUT2D eigenvalue weighted by atomic mass is 16.2. The lowest BCUT2D eigenvalue weighted by Crippen LogP contribution is -2.47. The Hall–Kier alpha value is -3.08. The number of aryl methyl sites for hydroxylation is 1. The zero-order chi connectivity index (χ0) is 20.1. The van der Waals surface area contributed by atoms with E-state index in [1.165, 1.54) is 12.5 Å². The summed E-state index contributed by atoms with van der Waals surface area (Å²) in [4.78, 5) is 27.8. The summed E-state index contributed by atoms with van der Waals surface area (Å²) in [5.41, 5.74) is 4.32. The van der Waals surface area contributed by atoms with Gasteiger partial charge >= 0.3 is 0 Å². The van der Waals surface area contributed by atoms with Gasteiger partial charge in [0.25, 0.3) is 0 Å². The maximum absolute atomic E-state index is 12.9. The van der Waals surface area contributed by atoms with E-state index in [0.717, 1.165) is 28.5 Å². The van der Waals surface area contributed by atoms with Gasteiger partial charge in [0, 0.05) is 30.4 Å². The summed E-state index contributed by atoms with van der Waals surface area (Å²) < 4.78 is 0. The summed E-state index contributed by atoms with van der Waals surface area (Å²) in [6, 6.07) is 15.4. The molecule has 0 saturated heterocycles. The van der Waals surface area contributed by atoms with Crippen molar-refractivity contribution in [1.82, 2.24) is 15.6 Å². The van der Waals surface area contributed by atoms with Crippen LogP contribution in [0.2, 0.25) is 0 Å². The van der Waals surface area contributed by atoms with Crippen LogP contribution in [0.5, 0.6) is 0 Å². The average molecular weight is 377 g/mol. The van der Waals surface area contributed by atoms with Crippen LogP contribution in [0.3, 0.4) is 0 Å². The lowest BCUT2D eigenvalue weighted by Gasteiger charge is -2.21. The highest BCUT2D eigenvalue weighted by Crippen LogP contribution is 2.20. The predicted molar refractivity (Wildman–Crippen MR) is 112 cm³/mol. The van der Waals surface area contributed by atoms with Gasteiger partial charge in [-0.1, -0.05) is 49.4 Å². The Morgan fingerprint density at radius 1 is 1.04 bits per heavy atom. The number of carbonyl (C=O) groups excluding carboxylic acids is 2. The molecule has 3 aromatic rings. The largest absolute Gasteiger partial charge is 0.361 e.